The molecule has 0 aliphatic carbocycles. The van der Waals surface area contributed by atoms with Crippen LogP contribution < -0.4 is 21.3 Å². The number of nitrogens with two attached hydrogens (primary N) is 1. The van der Waals surface area contributed by atoms with Gasteiger partial charge in [0.1, 0.15) is 17.2 Å². The maximum atomic E-state index is 12.2. The molecule has 24 heavy (non-hydrogen) atoms. The lowest BCUT2D eigenvalue weighted by Gasteiger charge is -2.08. The van der Waals surface area contributed by atoms with E-state index < -0.39 is 11.5 Å². The van der Waals surface area contributed by atoms with Crippen molar-refractivity contribution in [3.05, 3.63) is 40.2 Å². The molecule has 0 bridgehead atoms. The molecule has 1 amide bonds. The average Bonchev–Trinajstić information content (AvgIpc) is 2.56. The molecule has 0 saturated heterocycles. The van der Waals surface area contributed by atoms with E-state index in [9.17, 15) is 14.4 Å². The Morgan fingerprint density at radius 3 is 2.54 bits per heavy atom. The Kier molecular flexibility index (Phi) is 5.59. The number of nitrogens with one attached hydrogen (secondary N) is 2. The van der Waals surface area contributed by atoms with E-state index in [0.29, 0.717) is 11.3 Å². The molecule has 4 N–H and O–H groups in total. The smallest absolute Gasteiger partial charge is 0.277 e. The molecule has 0 unspecified atom stereocenters. The van der Waals surface area contributed by atoms with Crippen molar-refractivity contribution in [1.82, 2.24) is 9.97 Å². The van der Waals surface area contributed by atoms with Crippen molar-refractivity contribution in [2.24, 2.45) is 0 Å². The lowest BCUT2D eigenvalue weighted by atomic mass is 10.2. The number of anilines is 2. The number of methoxy groups -OCH3 is 1. The summed E-state index contributed by atoms with van der Waals surface area (Å²) in [6.45, 7) is 1.43. The summed E-state index contributed by atoms with van der Waals surface area (Å²) < 4.78 is 5.02. The van der Waals surface area contributed by atoms with E-state index in [1.807, 2.05) is 0 Å². The number of carbonyl (C=O) groups is 2. The van der Waals surface area contributed by atoms with E-state index in [4.69, 9.17) is 10.5 Å². The SMILES string of the molecule is COc1ccc(C(=O)Nc2c(N)nc(SCC(C)=O)[nH]c2=O)cc1. The second-order valence-corrected chi connectivity index (χ2v) is 5.77. The van der Waals surface area contributed by atoms with Gasteiger partial charge >= 0.3 is 0 Å². The fourth-order valence-electron chi connectivity index (χ4n) is 1.76. The zero-order valence-electron chi connectivity index (χ0n) is 13.1. The van der Waals surface area contributed by atoms with Crippen LogP contribution >= 0.6 is 11.8 Å². The molecule has 0 radical (unpaired) electrons. The van der Waals surface area contributed by atoms with Gasteiger partial charge in [0.15, 0.2) is 11.0 Å². The van der Waals surface area contributed by atoms with E-state index in [1.165, 1.54) is 14.0 Å². The number of nitrogens with zero attached hydrogens (tertiary/aromatic N) is 1. The zero-order chi connectivity index (χ0) is 17.7. The number of benzene rings is 1. The highest BCUT2D eigenvalue weighted by Crippen LogP contribution is 2.18. The average molecular weight is 348 g/mol. The van der Waals surface area contributed by atoms with E-state index in [2.05, 4.69) is 15.3 Å². The van der Waals surface area contributed by atoms with Crippen LogP contribution in [0, 0.1) is 0 Å². The monoisotopic (exact) mass is 348 g/mol. The normalized spacial score (nSPS) is 10.2. The maximum absolute atomic E-state index is 12.2. The Balaban J connectivity index is 2.18. The van der Waals surface area contributed by atoms with Crippen LogP contribution in [0.5, 0.6) is 5.75 Å². The summed E-state index contributed by atoms with van der Waals surface area (Å²) in [4.78, 5) is 41.7. The third kappa shape index (κ3) is 4.35. The van der Waals surface area contributed by atoms with Gasteiger partial charge in [0.25, 0.3) is 11.5 Å². The fraction of sp³-hybridized carbons (Fsp3) is 0.200. The number of aromatic amines is 1. The van der Waals surface area contributed by atoms with Gasteiger partial charge in [-0.15, -0.1) is 0 Å². The third-order valence-corrected chi connectivity index (χ3v) is 3.95. The van der Waals surface area contributed by atoms with Gasteiger partial charge in [-0.2, -0.15) is 0 Å². The maximum Gasteiger partial charge on any atom is 0.277 e. The summed E-state index contributed by atoms with van der Waals surface area (Å²) in [6.07, 6.45) is 0. The van der Waals surface area contributed by atoms with Gasteiger partial charge in [-0.05, 0) is 31.2 Å². The second-order valence-electron chi connectivity index (χ2n) is 4.80. The Morgan fingerprint density at radius 2 is 2.00 bits per heavy atom. The number of H-pyrrole nitrogens is 1. The molecule has 0 aliphatic heterocycles. The number of carbonyl (C=O) groups excluding carboxylic acids is 2. The Labute approximate surface area is 141 Å². The van der Waals surface area contributed by atoms with E-state index in [1.54, 1.807) is 24.3 Å². The number of amides is 1. The second kappa shape index (κ2) is 7.64. The predicted molar refractivity (Wildman–Crippen MR) is 91.6 cm³/mol. The molecule has 2 aromatic rings. The highest BCUT2D eigenvalue weighted by atomic mass is 32.2. The Morgan fingerprint density at radius 1 is 1.33 bits per heavy atom. The standard InChI is InChI=1S/C15H16N4O4S/c1-8(20)7-24-15-18-12(16)11(14(22)19-15)17-13(21)9-3-5-10(23-2)6-4-9/h3-6H,7H2,1-2H3,(H,17,21)(H3,16,18,19,22). The van der Waals surface area contributed by atoms with Crippen molar-refractivity contribution >= 4 is 35.0 Å². The van der Waals surface area contributed by atoms with Crippen LogP contribution in [0.25, 0.3) is 0 Å². The van der Waals surface area contributed by atoms with Gasteiger partial charge < -0.3 is 15.8 Å². The quantitative estimate of drug-likeness (QED) is 0.530. The van der Waals surface area contributed by atoms with Crippen molar-refractivity contribution in [2.75, 3.05) is 23.9 Å². The van der Waals surface area contributed by atoms with Gasteiger partial charge in [0, 0.05) is 5.56 Å². The topological polar surface area (TPSA) is 127 Å². The van der Waals surface area contributed by atoms with Crippen molar-refractivity contribution in [3.8, 4) is 5.75 Å². The molecular weight excluding hydrogens is 332 g/mol. The molecule has 1 heterocycles. The minimum Gasteiger partial charge on any atom is -0.497 e. The van der Waals surface area contributed by atoms with Gasteiger partial charge in [0.05, 0.1) is 12.9 Å². The van der Waals surface area contributed by atoms with Crippen LogP contribution in [0.3, 0.4) is 0 Å². The highest BCUT2D eigenvalue weighted by Gasteiger charge is 2.14. The molecule has 9 heteroatoms. The van der Waals surface area contributed by atoms with Gasteiger partial charge in [-0.3, -0.25) is 19.4 Å². The first-order chi connectivity index (χ1) is 11.4. The lowest BCUT2D eigenvalue weighted by molar-refractivity contribution is -0.114. The van der Waals surface area contributed by atoms with Gasteiger partial charge in [-0.25, -0.2) is 4.98 Å². The van der Waals surface area contributed by atoms with Crippen LogP contribution in [-0.4, -0.2) is 34.5 Å². The van der Waals surface area contributed by atoms with E-state index in [-0.39, 0.29) is 28.2 Å². The molecule has 0 atom stereocenters. The minimum atomic E-state index is -0.588. The van der Waals surface area contributed by atoms with Crippen molar-refractivity contribution in [1.29, 1.82) is 0 Å². The molecule has 0 fully saturated rings. The third-order valence-electron chi connectivity index (χ3n) is 2.93. The first-order valence-electron chi connectivity index (χ1n) is 6.88. The van der Waals surface area contributed by atoms with Crippen LogP contribution in [-0.2, 0) is 4.79 Å². The molecule has 8 nitrogen and oxygen atoms in total. The number of thioether (sulfide) groups is 1. The molecule has 1 aromatic carbocycles. The molecule has 0 spiro atoms. The number of Topliss-reactive ketones (excluding diaryl/α,β-unsaturated/α-hetero) is 1. The van der Waals surface area contributed by atoms with E-state index in [0.717, 1.165) is 11.8 Å². The molecular formula is C15H16N4O4S. The minimum absolute atomic E-state index is 0.0573. The highest BCUT2D eigenvalue weighted by molar-refractivity contribution is 7.99. The largest absolute Gasteiger partial charge is 0.497 e. The first kappa shape index (κ1) is 17.5. The van der Waals surface area contributed by atoms with E-state index >= 15 is 0 Å². The number of ether oxygens (including phenoxy) is 1. The number of ketones is 1. The van der Waals surface area contributed by atoms with Crippen LogP contribution in [0.4, 0.5) is 11.5 Å². The van der Waals surface area contributed by atoms with Crippen molar-refractivity contribution < 1.29 is 14.3 Å². The molecule has 0 saturated carbocycles. The van der Waals surface area contributed by atoms with Gasteiger partial charge in [-0.1, -0.05) is 11.8 Å². The fourth-order valence-corrected chi connectivity index (χ4v) is 2.42. The molecule has 2 rings (SSSR count). The Bertz CT molecular complexity index is 817. The predicted octanol–water partition coefficient (Wildman–Crippen LogP) is 1.29. The van der Waals surface area contributed by atoms with Gasteiger partial charge in [0.2, 0.25) is 0 Å². The summed E-state index contributed by atoms with van der Waals surface area (Å²) >= 11 is 1.06. The summed E-state index contributed by atoms with van der Waals surface area (Å²) in [5.41, 5.74) is 5.35. The van der Waals surface area contributed by atoms with Crippen LogP contribution in [0.1, 0.15) is 17.3 Å². The molecule has 0 aliphatic rings. The van der Waals surface area contributed by atoms with Crippen molar-refractivity contribution in [3.63, 3.8) is 0 Å². The number of nitrogen functional groups attached to an aromatic ring is 1. The van der Waals surface area contributed by atoms with Crippen LogP contribution in [0.2, 0.25) is 0 Å². The molecule has 1 aromatic heterocycles. The first-order valence-corrected chi connectivity index (χ1v) is 7.86. The summed E-state index contributed by atoms with van der Waals surface area (Å²) in [6, 6.07) is 6.37. The number of hydrogen-bond donors (Lipinski definition) is 3. The summed E-state index contributed by atoms with van der Waals surface area (Å²) in [5.74, 6) is 0.0999. The number of aromatic nitrogens is 2. The van der Waals surface area contributed by atoms with Crippen molar-refractivity contribution in [2.45, 2.75) is 12.1 Å². The molecule has 126 valence electrons. The van der Waals surface area contributed by atoms with Crippen LogP contribution in [0.15, 0.2) is 34.2 Å². The Hall–Kier alpha value is -2.81. The number of hydrogen-bond acceptors (Lipinski definition) is 7. The zero-order valence-corrected chi connectivity index (χ0v) is 13.9. The lowest BCUT2D eigenvalue weighted by Crippen LogP contribution is -2.23. The summed E-state index contributed by atoms with van der Waals surface area (Å²) in [5, 5.41) is 2.65. The summed E-state index contributed by atoms with van der Waals surface area (Å²) in [7, 11) is 1.52. The number of rotatable bonds is 6.